The van der Waals surface area contributed by atoms with Crippen molar-refractivity contribution in [2.75, 3.05) is 4.90 Å². The Morgan fingerprint density at radius 2 is 2.11 bits per heavy atom. The van der Waals surface area contributed by atoms with Gasteiger partial charge in [-0.05, 0) is 32.4 Å². The van der Waals surface area contributed by atoms with Gasteiger partial charge in [-0.15, -0.1) is 0 Å². The van der Waals surface area contributed by atoms with Gasteiger partial charge in [-0.2, -0.15) is 0 Å². The van der Waals surface area contributed by atoms with Crippen LogP contribution in [0.5, 0.6) is 0 Å². The second kappa shape index (κ2) is 7.96. The van der Waals surface area contributed by atoms with Gasteiger partial charge < -0.3 is 20.5 Å². The van der Waals surface area contributed by atoms with Crippen LogP contribution in [0.4, 0.5) is 10.1 Å². The number of carbonyl (C=O) groups is 3. The number of esters is 1. The van der Waals surface area contributed by atoms with Crippen LogP contribution in [0.2, 0.25) is 5.02 Å². The maximum Gasteiger partial charge on any atom is 0.349 e. The zero-order valence-electron chi connectivity index (χ0n) is 15.1. The fraction of sp³-hybridized carbons (Fsp3) is 0.389. The number of halogens is 2. The maximum absolute atomic E-state index is 13.8. The van der Waals surface area contributed by atoms with Gasteiger partial charge in [0, 0.05) is 12.5 Å². The molecule has 0 amide bonds. The average molecular weight is 399 g/mol. The zero-order valence-corrected chi connectivity index (χ0v) is 15.8. The standard InChI is InChI=1S/C18H20ClFN2O5/c1-4-9(3)27-18(26)14(17(24)25)16(21)22-8(2)7-12(23)13-11(22)6-5-10(20)15(13)19/h5-6,8-9H,4,7,21H2,1-3H3,(H,24,25). The molecule has 27 heavy (non-hydrogen) atoms. The number of ether oxygens (including phenoxy) is 1. The zero-order chi connectivity index (χ0) is 20.5. The number of carboxylic acid groups (broad SMARTS) is 1. The summed E-state index contributed by atoms with van der Waals surface area (Å²) < 4.78 is 18.9. The van der Waals surface area contributed by atoms with E-state index in [2.05, 4.69) is 0 Å². The van der Waals surface area contributed by atoms with Crippen LogP contribution in [-0.2, 0) is 14.3 Å². The highest BCUT2D eigenvalue weighted by molar-refractivity contribution is 6.35. The van der Waals surface area contributed by atoms with Gasteiger partial charge in [-0.3, -0.25) is 4.79 Å². The highest BCUT2D eigenvalue weighted by Gasteiger charge is 2.36. The fourth-order valence-corrected chi connectivity index (χ4v) is 3.08. The first-order chi connectivity index (χ1) is 12.6. The van der Waals surface area contributed by atoms with Gasteiger partial charge in [0.1, 0.15) is 11.6 Å². The summed E-state index contributed by atoms with van der Waals surface area (Å²) in [5.41, 5.74) is 5.30. The molecular formula is C18H20ClFN2O5. The van der Waals surface area contributed by atoms with Crippen molar-refractivity contribution in [1.82, 2.24) is 0 Å². The third-order valence-electron chi connectivity index (χ3n) is 4.35. The first-order valence-electron chi connectivity index (χ1n) is 8.34. The quantitative estimate of drug-likeness (QED) is 0.339. The van der Waals surface area contributed by atoms with E-state index in [1.807, 2.05) is 0 Å². The third-order valence-corrected chi connectivity index (χ3v) is 4.72. The van der Waals surface area contributed by atoms with Gasteiger partial charge in [0.15, 0.2) is 11.4 Å². The molecule has 1 aromatic rings. The molecule has 2 unspecified atom stereocenters. The number of rotatable bonds is 5. The largest absolute Gasteiger partial charge is 0.477 e. The summed E-state index contributed by atoms with van der Waals surface area (Å²) in [5.74, 6) is -4.24. The van der Waals surface area contributed by atoms with Crippen LogP contribution in [-0.4, -0.2) is 35.0 Å². The van der Waals surface area contributed by atoms with E-state index in [1.165, 1.54) is 11.0 Å². The van der Waals surface area contributed by atoms with E-state index in [0.717, 1.165) is 6.07 Å². The van der Waals surface area contributed by atoms with Gasteiger partial charge in [-0.25, -0.2) is 14.0 Å². The van der Waals surface area contributed by atoms with E-state index in [-0.39, 0.29) is 22.7 Å². The van der Waals surface area contributed by atoms with E-state index >= 15 is 0 Å². The molecule has 1 heterocycles. The number of carbonyl (C=O) groups excluding carboxylic acids is 2. The number of benzene rings is 1. The average Bonchev–Trinajstić information content (AvgIpc) is 2.57. The van der Waals surface area contributed by atoms with Gasteiger partial charge in [0.2, 0.25) is 0 Å². The van der Waals surface area contributed by atoms with Crippen molar-refractivity contribution in [3.63, 3.8) is 0 Å². The molecule has 0 saturated heterocycles. The molecule has 0 bridgehead atoms. The molecule has 1 aliphatic rings. The third kappa shape index (κ3) is 3.90. The van der Waals surface area contributed by atoms with Crippen LogP contribution in [0.25, 0.3) is 0 Å². The number of anilines is 1. The van der Waals surface area contributed by atoms with Crippen molar-refractivity contribution in [3.8, 4) is 0 Å². The Bertz CT molecular complexity index is 839. The van der Waals surface area contributed by atoms with Gasteiger partial charge in [0.25, 0.3) is 0 Å². The normalized spacial score (nSPS) is 18.5. The molecule has 0 radical (unpaired) electrons. The number of hydrogen-bond acceptors (Lipinski definition) is 6. The lowest BCUT2D eigenvalue weighted by molar-refractivity contribution is -0.147. The van der Waals surface area contributed by atoms with Crippen LogP contribution >= 0.6 is 11.6 Å². The van der Waals surface area contributed by atoms with Crippen molar-refractivity contribution in [2.24, 2.45) is 5.73 Å². The highest BCUT2D eigenvalue weighted by atomic mass is 35.5. The first kappa shape index (κ1) is 20.7. The molecule has 2 atom stereocenters. The van der Waals surface area contributed by atoms with Crippen molar-refractivity contribution < 1.29 is 28.6 Å². The second-order valence-corrected chi connectivity index (χ2v) is 6.67. The summed E-state index contributed by atoms with van der Waals surface area (Å²) in [5, 5.41) is 9.12. The van der Waals surface area contributed by atoms with Gasteiger partial charge in [-0.1, -0.05) is 18.5 Å². The number of aliphatic carboxylic acids is 1. The van der Waals surface area contributed by atoms with Crippen LogP contribution in [0.1, 0.15) is 44.0 Å². The van der Waals surface area contributed by atoms with E-state index in [0.29, 0.717) is 6.42 Å². The van der Waals surface area contributed by atoms with E-state index in [4.69, 9.17) is 22.1 Å². The Hall–Kier alpha value is -2.61. The Morgan fingerprint density at radius 1 is 1.48 bits per heavy atom. The summed E-state index contributed by atoms with van der Waals surface area (Å²) >= 11 is 5.93. The molecule has 1 aliphatic heterocycles. The smallest absolute Gasteiger partial charge is 0.349 e. The van der Waals surface area contributed by atoms with Crippen molar-refractivity contribution in [3.05, 3.63) is 39.9 Å². The number of ketones is 1. The molecule has 9 heteroatoms. The second-order valence-electron chi connectivity index (χ2n) is 6.29. The summed E-state index contributed by atoms with van der Waals surface area (Å²) in [7, 11) is 0. The molecule has 1 aromatic carbocycles. The molecule has 3 N–H and O–H groups in total. The molecule has 0 fully saturated rings. The molecule has 0 aliphatic carbocycles. The minimum absolute atomic E-state index is 0.0792. The minimum atomic E-state index is -1.57. The Morgan fingerprint density at radius 3 is 2.67 bits per heavy atom. The maximum atomic E-state index is 13.8. The van der Waals surface area contributed by atoms with E-state index in [1.54, 1.807) is 20.8 Å². The number of nitrogens with two attached hydrogens (primary N) is 1. The minimum Gasteiger partial charge on any atom is -0.477 e. The number of carboxylic acids is 1. The highest BCUT2D eigenvalue weighted by Crippen LogP contribution is 2.38. The predicted molar refractivity (Wildman–Crippen MR) is 97.0 cm³/mol. The first-order valence-corrected chi connectivity index (χ1v) is 8.72. The van der Waals surface area contributed by atoms with Crippen LogP contribution < -0.4 is 10.6 Å². The molecular weight excluding hydrogens is 379 g/mol. The van der Waals surface area contributed by atoms with Crippen LogP contribution in [0, 0.1) is 5.82 Å². The van der Waals surface area contributed by atoms with Crippen LogP contribution in [0.15, 0.2) is 23.5 Å². The number of hydrogen-bond donors (Lipinski definition) is 2. The topological polar surface area (TPSA) is 110 Å². The lowest BCUT2D eigenvalue weighted by atomic mass is 9.94. The van der Waals surface area contributed by atoms with E-state index in [9.17, 15) is 23.9 Å². The van der Waals surface area contributed by atoms with Gasteiger partial charge in [0.05, 0.1) is 22.4 Å². The number of Topliss-reactive ketones (excluding diaryl/α,β-unsaturated/α-hetero) is 1. The van der Waals surface area contributed by atoms with Crippen molar-refractivity contribution >= 4 is 35.0 Å². The monoisotopic (exact) mass is 398 g/mol. The van der Waals surface area contributed by atoms with Crippen molar-refractivity contribution in [1.29, 1.82) is 0 Å². The number of nitrogens with zero attached hydrogens (tertiary/aromatic N) is 1. The van der Waals surface area contributed by atoms with E-state index < -0.39 is 47.1 Å². The number of fused-ring (bicyclic) bond motifs is 1. The molecule has 0 aromatic heterocycles. The SMILES string of the molecule is CCC(C)OC(=O)C(C(=O)O)=C(N)N1c2ccc(F)c(Cl)c2C(=O)CC1C. The summed E-state index contributed by atoms with van der Waals surface area (Å²) in [6, 6.07) is 1.75. The fourth-order valence-electron chi connectivity index (χ4n) is 2.82. The molecule has 0 spiro atoms. The Labute approximate surface area is 160 Å². The van der Waals surface area contributed by atoms with Crippen LogP contribution in [0.3, 0.4) is 0 Å². The Kier molecular flexibility index (Phi) is 6.10. The predicted octanol–water partition coefficient (Wildman–Crippen LogP) is 2.86. The summed E-state index contributed by atoms with van der Waals surface area (Å²) in [6.45, 7) is 5.02. The Balaban J connectivity index is 2.63. The molecule has 2 rings (SSSR count). The summed E-state index contributed by atoms with van der Waals surface area (Å²) in [6.07, 6.45) is -0.0921. The lowest BCUT2D eigenvalue weighted by Gasteiger charge is -2.37. The van der Waals surface area contributed by atoms with Gasteiger partial charge >= 0.3 is 11.9 Å². The molecule has 146 valence electrons. The summed E-state index contributed by atoms with van der Waals surface area (Å²) in [4.78, 5) is 37.6. The molecule has 7 nitrogen and oxygen atoms in total. The molecule has 0 saturated carbocycles. The lowest BCUT2D eigenvalue weighted by Crippen LogP contribution is -2.44. The van der Waals surface area contributed by atoms with Crippen molar-refractivity contribution in [2.45, 2.75) is 45.8 Å².